The molecule has 1 aliphatic carbocycles. The summed E-state index contributed by atoms with van der Waals surface area (Å²) in [5, 5.41) is 0. The van der Waals surface area contributed by atoms with Crippen molar-refractivity contribution in [1.82, 2.24) is 0 Å². The van der Waals surface area contributed by atoms with Crippen molar-refractivity contribution in [2.75, 3.05) is 0 Å². The van der Waals surface area contributed by atoms with Crippen molar-refractivity contribution in [2.45, 2.75) is 26.1 Å². The molecule has 0 spiro atoms. The molecule has 0 N–H and O–H groups in total. The molecule has 0 saturated carbocycles. The van der Waals surface area contributed by atoms with E-state index in [1.165, 1.54) is 22.3 Å². The van der Waals surface area contributed by atoms with Gasteiger partial charge in [-0.2, -0.15) is 0 Å². The second kappa shape index (κ2) is 3.41. The maximum Gasteiger partial charge on any atom is 0.0657 e. The van der Waals surface area contributed by atoms with E-state index >= 15 is 0 Å². The third kappa shape index (κ3) is 1.56. The zero-order valence-corrected chi connectivity index (χ0v) is 8.01. The Morgan fingerprint density at radius 1 is 1.38 bits per heavy atom. The Balaban J connectivity index is 2.39. The zero-order chi connectivity index (χ0) is 9.26. The lowest BCUT2D eigenvalue weighted by atomic mass is 9.92. The molecule has 64 valence electrons. The Morgan fingerprint density at radius 2 is 2.23 bits per heavy atom. The summed E-state index contributed by atoms with van der Waals surface area (Å²) in [5.74, 6) is 0. The number of hydrogen-bond donors (Lipinski definition) is 0. The summed E-state index contributed by atoms with van der Waals surface area (Å²) in [6.07, 6.45) is 5.14. The summed E-state index contributed by atoms with van der Waals surface area (Å²) in [7, 11) is 5.57. The third-order valence-corrected chi connectivity index (χ3v) is 2.58. The number of aryl methyl sites for hydroxylation is 1. The summed E-state index contributed by atoms with van der Waals surface area (Å²) in [5.41, 5.74) is 5.77. The molecule has 0 amide bonds. The van der Waals surface area contributed by atoms with E-state index in [0.29, 0.717) is 0 Å². The number of rotatable bonds is 2. The minimum Gasteiger partial charge on any atom is -0.0847 e. The summed E-state index contributed by atoms with van der Waals surface area (Å²) in [4.78, 5) is 0. The molecule has 2 radical (unpaired) electrons. The highest BCUT2D eigenvalue weighted by Gasteiger charge is 2.12. The molecule has 2 rings (SSSR count). The number of allylic oxidation sites excluding steroid dienone is 1. The van der Waals surface area contributed by atoms with E-state index in [9.17, 15) is 0 Å². The average Bonchev–Trinajstić information content (AvgIpc) is 2.47. The monoisotopic (exact) mass is 168 g/mol. The number of benzene rings is 1. The second-order valence-electron chi connectivity index (χ2n) is 3.69. The van der Waals surface area contributed by atoms with Crippen LogP contribution in [-0.2, 0) is 12.8 Å². The van der Waals surface area contributed by atoms with Crippen molar-refractivity contribution >= 4 is 13.9 Å². The van der Waals surface area contributed by atoms with E-state index in [2.05, 4.69) is 31.2 Å². The summed E-state index contributed by atoms with van der Waals surface area (Å²) in [6, 6.07) is 6.50. The largest absolute Gasteiger partial charge is 0.0847 e. The number of fused-ring (bicyclic) bond motifs is 1. The smallest absolute Gasteiger partial charge is 0.0657 e. The molecule has 0 heterocycles. The van der Waals surface area contributed by atoms with Crippen molar-refractivity contribution < 1.29 is 0 Å². The van der Waals surface area contributed by atoms with Crippen LogP contribution in [0, 0.1) is 0 Å². The van der Waals surface area contributed by atoms with E-state index in [-0.39, 0.29) is 0 Å². The van der Waals surface area contributed by atoms with Crippen molar-refractivity contribution in [2.24, 2.45) is 0 Å². The van der Waals surface area contributed by atoms with Gasteiger partial charge in [0, 0.05) is 0 Å². The Labute approximate surface area is 81.1 Å². The number of hydrogen-bond acceptors (Lipinski definition) is 0. The first kappa shape index (κ1) is 8.62. The third-order valence-electron chi connectivity index (χ3n) is 2.58. The van der Waals surface area contributed by atoms with E-state index in [0.717, 1.165) is 19.2 Å². The van der Waals surface area contributed by atoms with Crippen molar-refractivity contribution in [3.05, 3.63) is 40.5 Å². The molecule has 1 aromatic carbocycles. The molecule has 1 aliphatic rings. The molecular weight excluding hydrogens is 155 g/mol. The van der Waals surface area contributed by atoms with E-state index < -0.39 is 0 Å². The van der Waals surface area contributed by atoms with Gasteiger partial charge in [0.05, 0.1) is 7.85 Å². The predicted molar refractivity (Wildman–Crippen MR) is 58.1 cm³/mol. The maximum absolute atomic E-state index is 5.57. The molecule has 0 bridgehead atoms. The van der Waals surface area contributed by atoms with Crippen LogP contribution in [0.25, 0.3) is 6.08 Å². The lowest BCUT2D eigenvalue weighted by Gasteiger charge is -2.06. The summed E-state index contributed by atoms with van der Waals surface area (Å²) < 4.78 is 0. The second-order valence-corrected chi connectivity index (χ2v) is 3.69. The fourth-order valence-corrected chi connectivity index (χ4v) is 1.99. The fourth-order valence-electron chi connectivity index (χ4n) is 1.99. The highest BCUT2D eigenvalue weighted by atomic mass is 14.2. The van der Waals surface area contributed by atoms with Gasteiger partial charge < -0.3 is 0 Å². The zero-order valence-electron chi connectivity index (χ0n) is 8.01. The normalized spacial score (nSPS) is 14.1. The van der Waals surface area contributed by atoms with Crippen LogP contribution in [0.3, 0.4) is 0 Å². The van der Waals surface area contributed by atoms with Crippen LogP contribution in [-0.4, -0.2) is 7.85 Å². The first-order valence-electron chi connectivity index (χ1n) is 4.79. The average molecular weight is 168 g/mol. The van der Waals surface area contributed by atoms with Gasteiger partial charge in [-0.1, -0.05) is 36.2 Å². The van der Waals surface area contributed by atoms with Crippen LogP contribution in [0.2, 0.25) is 6.32 Å². The molecule has 0 saturated heterocycles. The maximum atomic E-state index is 5.57. The highest BCUT2D eigenvalue weighted by Crippen LogP contribution is 2.28. The van der Waals surface area contributed by atoms with Crippen LogP contribution in [0.1, 0.15) is 23.6 Å². The van der Waals surface area contributed by atoms with E-state index in [1.54, 1.807) is 0 Å². The Morgan fingerprint density at radius 3 is 3.00 bits per heavy atom. The minimum atomic E-state index is 0.746. The van der Waals surface area contributed by atoms with Gasteiger partial charge in [-0.3, -0.25) is 0 Å². The molecule has 0 nitrogen and oxygen atoms in total. The van der Waals surface area contributed by atoms with Gasteiger partial charge in [0.25, 0.3) is 0 Å². The first-order chi connectivity index (χ1) is 6.31. The van der Waals surface area contributed by atoms with E-state index in [1.807, 2.05) is 0 Å². The topological polar surface area (TPSA) is 0 Å². The summed E-state index contributed by atoms with van der Waals surface area (Å²) >= 11 is 0. The Bertz CT molecular complexity index is 350. The van der Waals surface area contributed by atoms with Gasteiger partial charge in [0.2, 0.25) is 0 Å². The van der Waals surface area contributed by atoms with Gasteiger partial charge in [-0.05, 0) is 36.5 Å². The van der Waals surface area contributed by atoms with Crippen LogP contribution in [0.15, 0.2) is 23.8 Å². The van der Waals surface area contributed by atoms with Gasteiger partial charge in [-0.25, -0.2) is 0 Å². The molecule has 0 unspecified atom stereocenters. The molecule has 1 aromatic rings. The van der Waals surface area contributed by atoms with Gasteiger partial charge in [0.15, 0.2) is 0 Å². The molecule has 0 fully saturated rings. The van der Waals surface area contributed by atoms with Gasteiger partial charge >= 0.3 is 0 Å². The predicted octanol–water partition coefficient (Wildman–Crippen LogP) is 2.78. The van der Waals surface area contributed by atoms with Crippen LogP contribution in [0.5, 0.6) is 0 Å². The molecule has 1 heteroatoms. The molecule has 0 atom stereocenters. The quantitative estimate of drug-likeness (QED) is 0.595. The lowest BCUT2D eigenvalue weighted by Crippen LogP contribution is -1.93. The van der Waals surface area contributed by atoms with Crippen LogP contribution < -0.4 is 0 Å². The van der Waals surface area contributed by atoms with Crippen LogP contribution in [0.4, 0.5) is 0 Å². The Hall–Kier alpha value is -0.975. The first-order valence-corrected chi connectivity index (χ1v) is 4.79. The van der Waals surface area contributed by atoms with Gasteiger partial charge in [0.1, 0.15) is 0 Å². The highest BCUT2D eigenvalue weighted by molar-refractivity contribution is 6.08. The fraction of sp³-hybridized carbons (Fsp3) is 0.333. The van der Waals surface area contributed by atoms with Crippen molar-refractivity contribution in [3.8, 4) is 0 Å². The molecular formula is C12H13B. The van der Waals surface area contributed by atoms with Crippen molar-refractivity contribution in [1.29, 1.82) is 0 Å². The minimum absolute atomic E-state index is 0.746. The SMILES string of the molecule is [B]CCc1cccc2c1CC(C)=C2. The van der Waals surface area contributed by atoms with E-state index in [4.69, 9.17) is 7.85 Å². The molecule has 0 aromatic heterocycles. The Kier molecular flexibility index (Phi) is 2.26. The standard InChI is InChI=1S/C12H13B/c1-9-7-11-4-2-3-10(5-6-13)12(11)8-9/h2-4,7H,5-6,8H2,1H3. The summed E-state index contributed by atoms with van der Waals surface area (Å²) in [6.45, 7) is 2.19. The molecule has 0 aliphatic heterocycles. The van der Waals surface area contributed by atoms with Crippen LogP contribution >= 0.6 is 0 Å². The van der Waals surface area contributed by atoms with Gasteiger partial charge in [-0.15, -0.1) is 0 Å². The molecule has 13 heavy (non-hydrogen) atoms. The van der Waals surface area contributed by atoms with Crippen molar-refractivity contribution in [3.63, 3.8) is 0 Å². The lowest BCUT2D eigenvalue weighted by molar-refractivity contribution is 1.06.